The maximum atomic E-state index is 13.2. The molecule has 4 nitrogen and oxygen atoms in total. The first-order valence-electron chi connectivity index (χ1n) is 12.9. The molecule has 1 aliphatic heterocycles. The summed E-state index contributed by atoms with van der Waals surface area (Å²) in [5.41, 5.74) is 1.69. The summed E-state index contributed by atoms with van der Waals surface area (Å²) in [5, 5.41) is 20.5. The van der Waals surface area contributed by atoms with E-state index in [1.165, 1.54) is 31.3 Å². The minimum atomic E-state index is -0.626. The van der Waals surface area contributed by atoms with Crippen LogP contribution in [0.15, 0.2) is 11.6 Å². The quantitative estimate of drug-likeness (QED) is 0.656. The third kappa shape index (κ3) is 3.30. The standard InChI is InChI=1S/C27H42O4/c1-15-5-8-24(31-25(15)30)16(2)19-6-7-20-18-14-23(29)22-13-17(28)9-11-27(22,4)21(18)10-12-26(19,20)3/h14-17,19-22,24-25,28,30H,5-13H2,1-4H3/t15-,16-,17-,19+,20-,21-,22+,24+,25-,26+,27+/m0/s1. The molecule has 3 saturated carbocycles. The minimum absolute atomic E-state index is 0.00426. The van der Waals surface area contributed by atoms with Gasteiger partial charge in [-0.1, -0.05) is 33.3 Å². The van der Waals surface area contributed by atoms with Gasteiger partial charge in [0.05, 0.1) is 12.2 Å². The molecular formula is C27H42O4. The predicted octanol–water partition coefficient (Wildman–Crippen LogP) is 4.87. The molecule has 0 spiro atoms. The molecule has 4 aliphatic carbocycles. The van der Waals surface area contributed by atoms with E-state index in [4.69, 9.17) is 4.74 Å². The van der Waals surface area contributed by atoms with E-state index in [9.17, 15) is 15.0 Å². The highest BCUT2D eigenvalue weighted by Crippen LogP contribution is 2.66. The Kier molecular flexibility index (Phi) is 5.47. The summed E-state index contributed by atoms with van der Waals surface area (Å²) in [6.45, 7) is 9.24. The Morgan fingerprint density at radius 1 is 0.968 bits per heavy atom. The number of aliphatic hydroxyl groups excluding tert-OH is 2. The van der Waals surface area contributed by atoms with Gasteiger partial charge in [0.15, 0.2) is 12.1 Å². The average molecular weight is 431 g/mol. The molecule has 31 heavy (non-hydrogen) atoms. The Hall–Kier alpha value is -0.710. The molecule has 0 aromatic carbocycles. The summed E-state index contributed by atoms with van der Waals surface area (Å²) in [4.78, 5) is 13.2. The predicted molar refractivity (Wildman–Crippen MR) is 120 cm³/mol. The molecule has 0 radical (unpaired) electrons. The molecule has 0 bridgehead atoms. The van der Waals surface area contributed by atoms with E-state index in [0.29, 0.717) is 30.1 Å². The lowest BCUT2D eigenvalue weighted by Crippen LogP contribution is -2.53. The van der Waals surface area contributed by atoms with Crippen molar-refractivity contribution < 1.29 is 19.7 Å². The lowest BCUT2D eigenvalue weighted by atomic mass is 9.47. The van der Waals surface area contributed by atoms with Crippen LogP contribution in [0.2, 0.25) is 0 Å². The van der Waals surface area contributed by atoms with Crippen LogP contribution in [0.4, 0.5) is 0 Å². The molecule has 1 saturated heterocycles. The smallest absolute Gasteiger partial charge is 0.159 e. The van der Waals surface area contributed by atoms with Crippen molar-refractivity contribution in [3.8, 4) is 0 Å². The first-order chi connectivity index (χ1) is 14.6. The monoisotopic (exact) mass is 430 g/mol. The molecule has 4 heteroatoms. The molecule has 0 aromatic heterocycles. The number of hydrogen-bond acceptors (Lipinski definition) is 4. The molecule has 1 heterocycles. The Balaban J connectivity index is 1.40. The number of carbonyl (C=O) groups excluding carboxylic acids is 1. The van der Waals surface area contributed by atoms with Crippen molar-refractivity contribution in [2.75, 3.05) is 0 Å². The lowest BCUT2D eigenvalue weighted by molar-refractivity contribution is -0.209. The van der Waals surface area contributed by atoms with Crippen molar-refractivity contribution in [3.63, 3.8) is 0 Å². The van der Waals surface area contributed by atoms with E-state index < -0.39 is 6.29 Å². The number of ketones is 1. The van der Waals surface area contributed by atoms with Crippen molar-refractivity contribution in [1.82, 2.24) is 0 Å². The van der Waals surface area contributed by atoms with Crippen LogP contribution < -0.4 is 0 Å². The Morgan fingerprint density at radius 3 is 2.42 bits per heavy atom. The topological polar surface area (TPSA) is 66.8 Å². The molecule has 4 fully saturated rings. The Bertz CT molecular complexity index is 760. The van der Waals surface area contributed by atoms with Gasteiger partial charge in [0.1, 0.15) is 0 Å². The molecule has 0 unspecified atom stereocenters. The van der Waals surface area contributed by atoms with Gasteiger partial charge in [0.2, 0.25) is 0 Å². The van der Waals surface area contributed by atoms with Gasteiger partial charge in [0, 0.05) is 11.8 Å². The van der Waals surface area contributed by atoms with E-state index in [1.807, 2.05) is 6.08 Å². The second-order valence-electron chi connectivity index (χ2n) is 12.3. The SMILES string of the molecule is C[C@@H]([C@H]1CC[C@H]2C3=CC(=O)[C@H]4C[C@@H](O)CC[C@]4(C)[C@H]3CC[C@]12C)[C@H]1CC[C@H](C)[C@@H](O)O1. The second kappa shape index (κ2) is 7.67. The first kappa shape index (κ1) is 22.1. The summed E-state index contributed by atoms with van der Waals surface area (Å²) in [6, 6.07) is 0. The van der Waals surface area contributed by atoms with Gasteiger partial charge in [-0.05, 0) is 98.4 Å². The van der Waals surface area contributed by atoms with Gasteiger partial charge >= 0.3 is 0 Å². The Labute approximate surface area is 187 Å². The maximum Gasteiger partial charge on any atom is 0.159 e. The van der Waals surface area contributed by atoms with Crippen molar-refractivity contribution >= 4 is 5.78 Å². The van der Waals surface area contributed by atoms with Crippen LogP contribution in [-0.2, 0) is 9.53 Å². The molecular weight excluding hydrogens is 388 g/mol. The van der Waals surface area contributed by atoms with Crippen LogP contribution in [0.3, 0.4) is 0 Å². The van der Waals surface area contributed by atoms with Crippen molar-refractivity contribution in [3.05, 3.63) is 11.6 Å². The summed E-state index contributed by atoms with van der Waals surface area (Å²) in [7, 11) is 0. The van der Waals surface area contributed by atoms with E-state index in [2.05, 4.69) is 27.7 Å². The largest absolute Gasteiger partial charge is 0.393 e. The number of hydrogen-bond donors (Lipinski definition) is 2. The fraction of sp³-hybridized carbons (Fsp3) is 0.889. The van der Waals surface area contributed by atoms with Gasteiger partial charge in [-0.3, -0.25) is 4.79 Å². The van der Waals surface area contributed by atoms with Crippen LogP contribution in [0.25, 0.3) is 0 Å². The van der Waals surface area contributed by atoms with Gasteiger partial charge < -0.3 is 14.9 Å². The summed E-state index contributed by atoms with van der Waals surface area (Å²) in [5.74, 6) is 2.53. The van der Waals surface area contributed by atoms with E-state index in [0.717, 1.165) is 25.7 Å². The summed E-state index contributed by atoms with van der Waals surface area (Å²) in [6.07, 6.45) is 10.6. The summed E-state index contributed by atoms with van der Waals surface area (Å²) < 4.78 is 6.08. The molecule has 11 atom stereocenters. The maximum absolute atomic E-state index is 13.2. The van der Waals surface area contributed by atoms with E-state index >= 15 is 0 Å². The third-order valence-electron chi connectivity index (χ3n) is 10.9. The average Bonchev–Trinajstić information content (AvgIpc) is 3.08. The number of fused-ring (bicyclic) bond motifs is 5. The molecule has 5 rings (SSSR count). The van der Waals surface area contributed by atoms with Crippen molar-refractivity contribution in [2.45, 2.75) is 104 Å². The second-order valence-corrected chi connectivity index (χ2v) is 12.3. The third-order valence-corrected chi connectivity index (χ3v) is 10.9. The number of rotatable bonds is 2. The number of allylic oxidation sites excluding steroid dienone is 2. The number of carbonyl (C=O) groups is 1. The lowest BCUT2D eigenvalue weighted by Gasteiger charge is -2.57. The normalized spacial score (nSPS) is 53.2. The highest BCUT2D eigenvalue weighted by atomic mass is 16.6. The van der Waals surface area contributed by atoms with Crippen LogP contribution in [-0.4, -0.2) is 34.5 Å². The highest BCUT2D eigenvalue weighted by molar-refractivity contribution is 5.94. The molecule has 0 amide bonds. The molecule has 2 N–H and O–H groups in total. The highest BCUT2D eigenvalue weighted by Gasteiger charge is 2.60. The van der Waals surface area contributed by atoms with Crippen molar-refractivity contribution in [1.29, 1.82) is 0 Å². The van der Waals surface area contributed by atoms with E-state index in [-0.39, 0.29) is 40.7 Å². The van der Waals surface area contributed by atoms with E-state index in [1.54, 1.807) is 0 Å². The first-order valence-corrected chi connectivity index (χ1v) is 12.9. The zero-order chi connectivity index (χ0) is 22.1. The minimum Gasteiger partial charge on any atom is -0.393 e. The van der Waals surface area contributed by atoms with Gasteiger partial charge in [-0.25, -0.2) is 0 Å². The van der Waals surface area contributed by atoms with Gasteiger partial charge in [-0.15, -0.1) is 0 Å². The van der Waals surface area contributed by atoms with Crippen molar-refractivity contribution in [2.24, 2.45) is 46.3 Å². The van der Waals surface area contributed by atoms with Crippen LogP contribution in [0.1, 0.15) is 85.5 Å². The molecule has 0 aromatic rings. The van der Waals surface area contributed by atoms with Crippen LogP contribution in [0, 0.1) is 46.3 Å². The molecule has 5 aliphatic rings. The zero-order valence-electron chi connectivity index (χ0n) is 19.8. The fourth-order valence-corrected chi connectivity index (χ4v) is 8.84. The fourth-order valence-electron chi connectivity index (χ4n) is 8.84. The number of aliphatic hydroxyl groups is 2. The summed E-state index contributed by atoms with van der Waals surface area (Å²) >= 11 is 0. The van der Waals surface area contributed by atoms with Crippen LogP contribution >= 0.6 is 0 Å². The zero-order valence-corrected chi connectivity index (χ0v) is 19.8. The van der Waals surface area contributed by atoms with Gasteiger partial charge in [-0.2, -0.15) is 0 Å². The van der Waals surface area contributed by atoms with Gasteiger partial charge in [0.25, 0.3) is 0 Å². The van der Waals surface area contributed by atoms with Crippen LogP contribution in [0.5, 0.6) is 0 Å². The molecule has 174 valence electrons. The number of ether oxygens (including phenoxy) is 1. The Morgan fingerprint density at radius 2 is 1.68 bits per heavy atom.